The molecule has 1 N–H and O–H groups in total. The van der Waals surface area contributed by atoms with E-state index < -0.39 is 27.1 Å². The number of imidazole rings is 1. The fourth-order valence-corrected chi connectivity index (χ4v) is 5.44. The lowest BCUT2D eigenvalue weighted by atomic mass is 10.1. The van der Waals surface area contributed by atoms with E-state index in [0.29, 0.717) is 22.6 Å². The summed E-state index contributed by atoms with van der Waals surface area (Å²) in [5, 5.41) is 2.88. The van der Waals surface area contributed by atoms with Gasteiger partial charge in [-0.3, -0.25) is 4.79 Å². The normalized spacial score (nSPS) is 14.0. The molecule has 1 aromatic heterocycles. The third kappa shape index (κ3) is 5.66. The molecule has 1 saturated carbocycles. The number of nitrogens with zero attached hydrogens (tertiary/aromatic N) is 2. The van der Waals surface area contributed by atoms with E-state index in [4.69, 9.17) is 9.72 Å². The second-order valence-electron chi connectivity index (χ2n) is 10.2. The van der Waals surface area contributed by atoms with Crippen LogP contribution in [-0.4, -0.2) is 29.6 Å². The monoisotopic (exact) mass is 553 g/mol. The Balaban J connectivity index is 1.37. The van der Waals surface area contributed by atoms with E-state index in [2.05, 4.69) is 9.88 Å². The number of carbonyl (C=O) groups excluding carboxylic acids is 1. The summed E-state index contributed by atoms with van der Waals surface area (Å²) in [7, 11) is -3.30. The number of halogens is 2. The Morgan fingerprint density at radius 2 is 1.79 bits per heavy atom. The molecule has 39 heavy (non-hydrogen) atoms. The molecular weight excluding hydrogens is 524 g/mol. The quantitative estimate of drug-likeness (QED) is 0.277. The summed E-state index contributed by atoms with van der Waals surface area (Å²) >= 11 is 0. The second kappa shape index (κ2) is 10.1. The molecule has 0 spiro atoms. The predicted octanol–water partition coefficient (Wildman–Crippen LogP) is 5.94. The number of hydrogen-bond donors (Lipinski definition) is 1. The van der Waals surface area contributed by atoms with Gasteiger partial charge in [-0.2, -0.15) is 0 Å². The van der Waals surface area contributed by atoms with Crippen molar-refractivity contribution in [3.63, 3.8) is 0 Å². The molecule has 0 atom stereocenters. The average Bonchev–Trinajstić information content (AvgIpc) is 3.65. The van der Waals surface area contributed by atoms with Crippen molar-refractivity contribution in [2.75, 3.05) is 11.1 Å². The van der Waals surface area contributed by atoms with Crippen molar-refractivity contribution in [1.29, 1.82) is 0 Å². The first-order chi connectivity index (χ1) is 18.5. The molecule has 1 fully saturated rings. The van der Waals surface area contributed by atoms with Gasteiger partial charge in [-0.05, 0) is 74.7 Å². The number of anilines is 1. The lowest BCUT2D eigenvalue weighted by Gasteiger charge is -2.27. The maximum absolute atomic E-state index is 14.3. The average molecular weight is 554 g/mol. The zero-order chi connectivity index (χ0) is 27.9. The largest absolute Gasteiger partial charge is 0.477 e. The lowest BCUT2D eigenvalue weighted by molar-refractivity contribution is -0.115. The van der Waals surface area contributed by atoms with Gasteiger partial charge in [0, 0.05) is 17.8 Å². The zero-order valence-corrected chi connectivity index (χ0v) is 22.7. The highest BCUT2D eigenvalue weighted by molar-refractivity contribution is 7.91. The molecule has 204 valence electrons. The van der Waals surface area contributed by atoms with Gasteiger partial charge < -0.3 is 14.6 Å². The number of nitrogens with one attached hydrogen (secondary N) is 1. The van der Waals surface area contributed by atoms with Gasteiger partial charge in [0.1, 0.15) is 5.82 Å². The minimum absolute atomic E-state index is 0.0139. The summed E-state index contributed by atoms with van der Waals surface area (Å²) in [6, 6.07) is 15.2. The van der Waals surface area contributed by atoms with Crippen molar-refractivity contribution >= 4 is 32.5 Å². The molecule has 5 rings (SSSR count). The van der Waals surface area contributed by atoms with Gasteiger partial charge in [-0.25, -0.2) is 22.2 Å². The van der Waals surface area contributed by atoms with E-state index in [1.165, 1.54) is 18.2 Å². The Morgan fingerprint density at radius 1 is 1.08 bits per heavy atom. The molecule has 7 nitrogen and oxygen atoms in total. The van der Waals surface area contributed by atoms with Crippen LogP contribution in [0.3, 0.4) is 0 Å². The van der Waals surface area contributed by atoms with Gasteiger partial charge in [0.2, 0.25) is 5.91 Å². The first-order valence-corrected chi connectivity index (χ1v) is 14.4. The first-order valence-electron chi connectivity index (χ1n) is 12.7. The van der Waals surface area contributed by atoms with Gasteiger partial charge in [0.05, 0.1) is 28.1 Å². The topological polar surface area (TPSA) is 90.3 Å². The molecule has 1 aliphatic carbocycles. The van der Waals surface area contributed by atoms with Crippen LogP contribution >= 0.6 is 0 Å². The van der Waals surface area contributed by atoms with Crippen LogP contribution < -0.4 is 10.1 Å². The number of fused-ring (bicyclic) bond motifs is 1. The van der Waals surface area contributed by atoms with Crippen LogP contribution in [0.5, 0.6) is 5.75 Å². The minimum atomic E-state index is -3.30. The van der Waals surface area contributed by atoms with Crippen molar-refractivity contribution < 1.29 is 26.7 Å². The van der Waals surface area contributed by atoms with Crippen molar-refractivity contribution in [2.24, 2.45) is 0 Å². The number of aromatic nitrogens is 2. The van der Waals surface area contributed by atoms with E-state index in [-0.39, 0.29) is 34.8 Å². The smallest absolute Gasteiger partial charge is 0.228 e. The SMILES string of the molecule is CCS(=O)(=O)c1ccc(CC(=O)Nc2ccc3c(c2)nc(C(C)(C)Oc2ccc(F)cc2F)n3C2CC2)cc1. The van der Waals surface area contributed by atoms with E-state index in [9.17, 15) is 22.0 Å². The molecule has 1 heterocycles. The minimum Gasteiger partial charge on any atom is -0.477 e. The first kappa shape index (κ1) is 26.8. The maximum Gasteiger partial charge on any atom is 0.228 e. The van der Waals surface area contributed by atoms with E-state index in [1.807, 2.05) is 6.07 Å². The number of amides is 1. The van der Waals surface area contributed by atoms with Crippen molar-refractivity contribution in [3.8, 4) is 5.75 Å². The van der Waals surface area contributed by atoms with Gasteiger partial charge in [0.25, 0.3) is 0 Å². The summed E-state index contributed by atoms with van der Waals surface area (Å²) in [5.41, 5.74) is 1.75. The Labute approximate surface area is 225 Å². The van der Waals surface area contributed by atoms with Crippen molar-refractivity contribution in [3.05, 3.63) is 83.7 Å². The molecule has 3 aromatic carbocycles. The summed E-state index contributed by atoms with van der Waals surface area (Å²) in [5.74, 6) is -1.17. The summed E-state index contributed by atoms with van der Waals surface area (Å²) in [6.07, 6.45) is 2.04. The molecular formula is C29H29F2N3O4S. The number of carbonyl (C=O) groups is 1. The number of ether oxygens (including phenoxy) is 1. The van der Waals surface area contributed by atoms with E-state index in [0.717, 1.165) is 30.5 Å². The summed E-state index contributed by atoms with van der Waals surface area (Å²) in [6.45, 7) is 5.16. The van der Waals surface area contributed by atoms with Crippen LogP contribution in [0.1, 0.15) is 51.0 Å². The molecule has 1 aliphatic rings. The molecule has 10 heteroatoms. The van der Waals surface area contributed by atoms with Crippen LogP contribution in [-0.2, 0) is 26.7 Å². The Hall–Kier alpha value is -3.79. The van der Waals surface area contributed by atoms with Gasteiger partial charge in [-0.1, -0.05) is 19.1 Å². The molecule has 0 aliphatic heterocycles. The number of hydrogen-bond acceptors (Lipinski definition) is 5. The molecule has 1 amide bonds. The standard InChI is InChI=1S/C29H29F2N3O4S/c1-4-39(36,37)22-11-5-18(6-12-22)15-27(35)32-20-8-13-25-24(17-20)33-28(34(25)21-9-10-21)29(2,3)38-26-14-7-19(30)16-23(26)31/h5-8,11-14,16-17,21H,4,9-10,15H2,1-3H3,(H,32,35). The number of benzene rings is 3. The van der Waals surface area contributed by atoms with Gasteiger partial charge >= 0.3 is 0 Å². The Bertz CT molecular complexity index is 1660. The highest BCUT2D eigenvalue weighted by atomic mass is 32.2. The Kier molecular flexibility index (Phi) is 6.92. The fraction of sp³-hybridized carbons (Fsp3) is 0.310. The van der Waals surface area contributed by atoms with Gasteiger partial charge in [0.15, 0.2) is 32.8 Å². The zero-order valence-electron chi connectivity index (χ0n) is 21.9. The third-order valence-electron chi connectivity index (χ3n) is 6.71. The van der Waals surface area contributed by atoms with E-state index in [1.54, 1.807) is 45.0 Å². The van der Waals surface area contributed by atoms with Crippen LogP contribution in [0.25, 0.3) is 11.0 Å². The van der Waals surface area contributed by atoms with Crippen molar-refractivity contribution in [2.45, 2.75) is 56.6 Å². The van der Waals surface area contributed by atoms with E-state index >= 15 is 0 Å². The number of rotatable bonds is 9. The molecule has 4 aromatic rings. The van der Waals surface area contributed by atoms with Crippen LogP contribution in [0.15, 0.2) is 65.6 Å². The lowest BCUT2D eigenvalue weighted by Crippen LogP contribution is -2.30. The molecule has 0 saturated heterocycles. The van der Waals surface area contributed by atoms with Crippen LogP contribution in [0.4, 0.5) is 14.5 Å². The Morgan fingerprint density at radius 3 is 2.44 bits per heavy atom. The molecule has 0 bridgehead atoms. The fourth-order valence-electron chi connectivity index (χ4n) is 4.55. The van der Waals surface area contributed by atoms with Crippen molar-refractivity contribution in [1.82, 2.24) is 9.55 Å². The molecule has 0 unspecified atom stereocenters. The highest BCUT2D eigenvalue weighted by Crippen LogP contribution is 2.42. The summed E-state index contributed by atoms with van der Waals surface area (Å²) < 4.78 is 59.8. The summed E-state index contributed by atoms with van der Waals surface area (Å²) in [4.78, 5) is 17.8. The second-order valence-corrected chi connectivity index (χ2v) is 12.5. The predicted molar refractivity (Wildman–Crippen MR) is 145 cm³/mol. The molecule has 0 radical (unpaired) electrons. The third-order valence-corrected chi connectivity index (χ3v) is 8.46. The maximum atomic E-state index is 14.3. The number of sulfone groups is 1. The van der Waals surface area contributed by atoms with Crippen LogP contribution in [0.2, 0.25) is 0 Å². The van der Waals surface area contributed by atoms with Gasteiger partial charge in [-0.15, -0.1) is 0 Å². The highest BCUT2D eigenvalue weighted by Gasteiger charge is 2.36. The van der Waals surface area contributed by atoms with Crippen LogP contribution in [0, 0.1) is 11.6 Å².